The largest absolute Gasteiger partial charge is 0.480 e. The zero-order valence-corrected chi connectivity index (χ0v) is 5.64. The molecule has 0 fully saturated rings. The van der Waals surface area contributed by atoms with Gasteiger partial charge in [0.1, 0.15) is 0 Å². The second kappa shape index (κ2) is 5.08. The first-order chi connectivity index (χ1) is 4.31. The molecular weight excluding hydrogens is 118 g/mol. The molecule has 0 atom stereocenters. The maximum absolute atomic E-state index is 6.53. The quantitative estimate of drug-likeness (QED) is 0.332. The SMILES string of the molecule is CCO/C(C)=N/NC=N. The molecule has 0 radical (unpaired) electrons. The van der Waals surface area contributed by atoms with E-state index in [-0.39, 0.29) is 0 Å². The smallest absolute Gasteiger partial charge is 0.202 e. The molecule has 0 saturated heterocycles. The molecule has 0 unspecified atom stereocenters. The second-order valence-electron chi connectivity index (χ2n) is 1.34. The number of ether oxygens (including phenoxy) is 1. The summed E-state index contributed by atoms with van der Waals surface area (Å²) >= 11 is 0. The second-order valence-corrected chi connectivity index (χ2v) is 1.34. The highest BCUT2D eigenvalue weighted by atomic mass is 16.5. The van der Waals surface area contributed by atoms with Gasteiger partial charge in [-0.3, -0.25) is 10.8 Å². The molecule has 0 bridgehead atoms. The Bertz CT molecular complexity index is 111. The summed E-state index contributed by atoms with van der Waals surface area (Å²) in [5.74, 6) is 0.543. The van der Waals surface area contributed by atoms with Gasteiger partial charge in [0.15, 0.2) is 0 Å². The molecule has 0 saturated carbocycles. The molecule has 0 aliphatic heterocycles. The maximum atomic E-state index is 6.53. The molecule has 4 nitrogen and oxygen atoms in total. The third kappa shape index (κ3) is 4.80. The minimum atomic E-state index is 0.543. The number of nitrogens with zero attached hydrogens (tertiary/aromatic N) is 1. The summed E-state index contributed by atoms with van der Waals surface area (Å²) in [6, 6.07) is 0. The van der Waals surface area contributed by atoms with E-state index < -0.39 is 0 Å². The van der Waals surface area contributed by atoms with Gasteiger partial charge in [-0.2, -0.15) is 0 Å². The molecule has 0 spiro atoms. The van der Waals surface area contributed by atoms with Gasteiger partial charge in [0.25, 0.3) is 0 Å². The normalized spacial score (nSPS) is 10.7. The molecular formula is C5H11N3O. The van der Waals surface area contributed by atoms with Gasteiger partial charge in [-0.1, -0.05) is 0 Å². The average molecular weight is 129 g/mol. The molecule has 0 aliphatic rings. The van der Waals surface area contributed by atoms with Crippen molar-refractivity contribution in [2.75, 3.05) is 6.61 Å². The molecule has 4 heteroatoms. The highest BCUT2D eigenvalue weighted by molar-refractivity contribution is 5.73. The fourth-order valence-corrected chi connectivity index (χ4v) is 0.364. The van der Waals surface area contributed by atoms with Gasteiger partial charge in [0.2, 0.25) is 5.90 Å². The summed E-state index contributed by atoms with van der Waals surface area (Å²) in [6.45, 7) is 4.21. The number of nitrogens with one attached hydrogen (secondary N) is 2. The van der Waals surface area contributed by atoms with Crippen LogP contribution in [0.15, 0.2) is 5.10 Å². The van der Waals surface area contributed by atoms with E-state index in [0.717, 1.165) is 6.34 Å². The van der Waals surface area contributed by atoms with Crippen molar-refractivity contribution in [3.05, 3.63) is 0 Å². The van der Waals surface area contributed by atoms with Gasteiger partial charge in [-0.25, -0.2) is 0 Å². The number of hydrogen-bond acceptors (Lipinski definition) is 3. The number of hydrazone groups is 1. The molecule has 0 aromatic heterocycles. The number of rotatable bonds is 3. The minimum Gasteiger partial charge on any atom is -0.480 e. The summed E-state index contributed by atoms with van der Waals surface area (Å²) < 4.78 is 4.93. The summed E-state index contributed by atoms with van der Waals surface area (Å²) in [5.41, 5.74) is 2.34. The van der Waals surface area contributed by atoms with Crippen molar-refractivity contribution in [1.29, 1.82) is 5.41 Å². The van der Waals surface area contributed by atoms with Crippen LogP contribution in [0.1, 0.15) is 13.8 Å². The molecule has 0 amide bonds. The molecule has 0 heterocycles. The summed E-state index contributed by atoms with van der Waals surface area (Å²) in [6.07, 6.45) is 0.989. The molecule has 52 valence electrons. The van der Waals surface area contributed by atoms with Crippen LogP contribution in [0.5, 0.6) is 0 Å². The van der Waals surface area contributed by atoms with Gasteiger partial charge in [0.05, 0.1) is 12.9 Å². The van der Waals surface area contributed by atoms with Crippen LogP contribution in [0.4, 0.5) is 0 Å². The summed E-state index contributed by atoms with van der Waals surface area (Å²) in [4.78, 5) is 0. The van der Waals surface area contributed by atoms with Crippen LogP contribution >= 0.6 is 0 Å². The van der Waals surface area contributed by atoms with Crippen molar-refractivity contribution in [2.24, 2.45) is 5.10 Å². The van der Waals surface area contributed by atoms with Crippen molar-refractivity contribution in [3.63, 3.8) is 0 Å². The first-order valence-electron chi connectivity index (χ1n) is 2.72. The predicted octanol–water partition coefficient (Wildman–Crippen LogP) is 0.553. The third-order valence-electron chi connectivity index (χ3n) is 0.640. The lowest BCUT2D eigenvalue weighted by atomic mass is 10.7. The van der Waals surface area contributed by atoms with Crippen molar-refractivity contribution in [2.45, 2.75) is 13.8 Å². The van der Waals surface area contributed by atoms with Crippen LogP contribution in [0.2, 0.25) is 0 Å². The summed E-state index contributed by atoms with van der Waals surface area (Å²) in [7, 11) is 0. The molecule has 0 aromatic carbocycles. The first-order valence-corrected chi connectivity index (χ1v) is 2.72. The van der Waals surface area contributed by atoms with Crippen LogP contribution in [-0.4, -0.2) is 18.8 Å². The summed E-state index contributed by atoms with van der Waals surface area (Å²) in [5, 5.41) is 10.2. The standard InChI is InChI=1S/C5H11N3O/c1-3-9-5(2)8-7-4-6/h4H,3H2,1-2H3,(H2,6,7)/b8-5+. The van der Waals surface area contributed by atoms with E-state index in [9.17, 15) is 0 Å². The van der Waals surface area contributed by atoms with E-state index in [2.05, 4.69) is 10.5 Å². The van der Waals surface area contributed by atoms with Crippen LogP contribution in [0.25, 0.3) is 0 Å². The third-order valence-corrected chi connectivity index (χ3v) is 0.640. The van der Waals surface area contributed by atoms with Gasteiger partial charge >= 0.3 is 0 Å². The molecule has 2 N–H and O–H groups in total. The highest BCUT2D eigenvalue weighted by Crippen LogP contribution is 1.76. The Kier molecular flexibility index (Phi) is 4.49. The van der Waals surface area contributed by atoms with E-state index in [0.29, 0.717) is 12.5 Å². The fourth-order valence-electron chi connectivity index (χ4n) is 0.364. The Hall–Kier alpha value is -1.06. The Labute approximate surface area is 54.4 Å². The van der Waals surface area contributed by atoms with Gasteiger partial charge in [-0.15, -0.1) is 5.10 Å². The van der Waals surface area contributed by atoms with E-state index in [4.69, 9.17) is 10.1 Å². The Balaban J connectivity index is 3.42. The van der Waals surface area contributed by atoms with E-state index in [1.54, 1.807) is 6.92 Å². The van der Waals surface area contributed by atoms with E-state index in [1.165, 1.54) is 0 Å². The van der Waals surface area contributed by atoms with Crippen molar-refractivity contribution >= 4 is 12.2 Å². The fraction of sp³-hybridized carbons (Fsp3) is 0.600. The lowest BCUT2D eigenvalue weighted by molar-refractivity contribution is 0.322. The Morgan fingerprint density at radius 1 is 1.89 bits per heavy atom. The Morgan fingerprint density at radius 2 is 2.56 bits per heavy atom. The topological polar surface area (TPSA) is 57.5 Å². The number of hydrogen-bond donors (Lipinski definition) is 2. The van der Waals surface area contributed by atoms with Crippen molar-refractivity contribution < 1.29 is 4.74 Å². The lowest BCUT2D eigenvalue weighted by Gasteiger charge is -1.98. The monoisotopic (exact) mass is 129 g/mol. The zero-order chi connectivity index (χ0) is 7.11. The van der Waals surface area contributed by atoms with Gasteiger partial charge < -0.3 is 4.74 Å². The molecule has 0 aromatic rings. The van der Waals surface area contributed by atoms with Gasteiger partial charge in [-0.05, 0) is 6.92 Å². The van der Waals surface area contributed by atoms with Crippen LogP contribution < -0.4 is 5.43 Å². The van der Waals surface area contributed by atoms with Crippen LogP contribution in [-0.2, 0) is 4.74 Å². The molecule has 0 aliphatic carbocycles. The van der Waals surface area contributed by atoms with Crippen molar-refractivity contribution in [1.82, 2.24) is 5.43 Å². The van der Waals surface area contributed by atoms with Crippen LogP contribution in [0, 0.1) is 5.41 Å². The predicted molar refractivity (Wildman–Crippen MR) is 36.7 cm³/mol. The lowest BCUT2D eigenvalue weighted by Crippen LogP contribution is -2.07. The molecule has 9 heavy (non-hydrogen) atoms. The first kappa shape index (κ1) is 7.94. The van der Waals surface area contributed by atoms with E-state index in [1.807, 2.05) is 6.92 Å². The minimum absolute atomic E-state index is 0.543. The van der Waals surface area contributed by atoms with Crippen molar-refractivity contribution in [3.8, 4) is 0 Å². The highest BCUT2D eigenvalue weighted by Gasteiger charge is 1.83. The maximum Gasteiger partial charge on any atom is 0.202 e. The van der Waals surface area contributed by atoms with E-state index >= 15 is 0 Å². The Morgan fingerprint density at radius 3 is 3.00 bits per heavy atom. The van der Waals surface area contributed by atoms with Crippen LogP contribution in [0.3, 0.4) is 0 Å². The average Bonchev–Trinajstić information content (AvgIpc) is 1.85. The molecule has 0 rings (SSSR count). The van der Waals surface area contributed by atoms with Gasteiger partial charge in [0, 0.05) is 6.92 Å². The zero-order valence-electron chi connectivity index (χ0n) is 5.64.